The predicted octanol–water partition coefficient (Wildman–Crippen LogP) is 1.44. The summed E-state index contributed by atoms with van der Waals surface area (Å²) in [5, 5.41) is 14.2. The van der Waals surface area contributed by atoms with Crippen LogP contribution in [0.2, 0.25) is 0 Å². The quantitative estimate of drug-likeness (QED) is 0.508. The third kappa shape index (κ3) is 7.75. The molecule has 8 heteroatoms. The first-order valence-corrected chi connectivity index (χ1v) is 9.39. The second-order valence-corrected chi connectivity index (χ2v) is 6.69. The minimum atomic E-state index is -1.48. The number of nitrogens with one attached hydrogen (secondary N) is 2. The lowest BCUT2D eigenvalue weighted by atomic mass is 10.0. The molecular formula is C22H24N2O6. The van der Waals surface area contributed by atoms with E-state index in [-0.39, 0.29) is 13.0 Å². The van der Waals surface area contributed by atoms with Gasteiger partial charge in [-0.15, -0.1) is 0 Å². The highest BCUT2D eigenvalue weighted by Gasteiger charge is 2.28. The maximum Gasteiger partial charge on any atom is 0.326 e. The van der Waals surface area contributed by atoms with E-state index < -0.39 is 42.3 Å². The van der Waals surface area contributed by atoms with Crippen LogP contribution in [0.5, 0.6) is 0 Å². The average molecular weight is 412 g/mol. The third-order valence-electron chi connectivity index (χ3n) is 4.20. The summed E-state index contributed by atoms with van der Waals surface area (Å²) in [5.41, 5.74) is 1.55. The summed E-state index contributed by atoms with van der Waals surface area (Å²) in [6.45, 7) is 1.27. The molecular weight excluding hydrogens is 388 g/mol. The highest BCUT2D eigenvalue weighted by molar-refractivity contribution is 5.91. The smallest absolute Gasteiger partial charge is 0.326 e. The minimum Gasteiger partial charge on any atom is -0.480 e. The summed E-state index contributed by atoms with van der Waals surface area (Å²) in [6.07, 6.45) is -0.358. The Morgan fingerprint density at radius 3 is 1.97 bits per heavy atom. The van der Waals surface area contributed by atoms with Crippen molar-refractivity contribution in [2.75, 3.05) is 0 Å². The van der Waals surface area contributed by atoms with Crippen LogP contribution in [-0.2, 0) is 36.9 Å². The SMILES string of the molecule is CC(=O)N[C@@H](Cc1ccccc1)C(=O)N[C@H](CC(=O)OCc1ccccc1)C(=O)O. The zero-order chi connectivity index (χ0) is 21.9. The van der Waals surface area contributed by atoms with Crippen LogP contribution in [-0.4, -0.2) is 40.9 Å². The van der Waals surface area contributed by atoms with Crippen molar-refractivity contribution in [1.82, 2.24) is 10.6 Å². The lowest BCUT2D eigenvalue weighted by molar-refractivity contribution is -0.151. The Morgan fingerprint density at radius 2 is 1.43 bits per heavy atom. The normalized spacial score (nSPS) is 12.3. The second kappa shape index (κ2) is 11.4. The van der Waals surface area contributed by atoms with Crippen LogP contribution >= 0.6 is 0 Å². The number of benzene rings is 2. The van der Waals surface area contributed by atoms with E-state index in [4.69, 9.17) is 4.74 Å². The molecule has 0 aromatic heterocycles. The molecule has 2 aromatic carbocycles. The van der Waals surface area contributed by atoms with Crippen molar-refractivity contribution in [3.63, 3.8) is 0 Å². The molecule has 0 aliphatic heterocycles. The van der Waals surface area contributed by atoms with Crippen molar-refractivity contribution in [3.8, 4) is 0 Å². The average Bonchev–Trinajstić information content (AvgIpc) is 2.72. The van der Waals surface area contributed by atoms with E-state index >= 15 is 0 Å². The fourth-order valence-electron chi connectivity index (χ4n) is 2.74. The van der Waals surface area contributed by atoms with Gasteiger partial charge in [-0.2, -0.15) is 0 Å². The fourth-order valence-corrected chi connectivity index (χ4v) is 2.74. The van der Waals surface area contributed by atoms with Crippen LogP contribution in [0.25, 0.3) is 0 Å². The van der Waals surface area contributed by atoms with E-state index in [9.17, 15) is 24.3 Å². The van der Waals surface area contributed by atoms with Crippen LogP contribution in [0.1, 0.15) is 24.5 Å². The zero-order valence-corrected chi connectivity index (χ0v) is 16.5. The summed E-state index contributed by atoms with van der Waals surface area (Å²) in [6, 6.07) is 15.5. The molecule has 0 spiro atoms. The summed E-state index contributed by atoms with van der Waals surface area (Å²) in [7, 11) is 0. The lowest BCUT2D eigenvalue weighted by Crippen LogP contribution is -2.52. The molecule has 158 valence electrons. The Labute approximate surface area is 174 Å². The molecule has 0 aliphatic rings. The molecule has 30 heavy (non-hydrogen) atoms. The Bertz CT molecular complexity index is 870. The van der Waals surface area contributed by atoms with Crippen molar-refractivity contribution in [2.45, 2.75) is 38.5 Å². The number of rotatable bonds is 10. The van der Waals surface area contributed by atoms with E-state index in [0.717, 1.165) is 11.1 Å². The first-order valence-electron chi connectivity index (χ1n) is 9.39. The standard InChI is InChI=1S/C22H24N2O6/c1-15(25)23-18(12-16-8-4-2-5-9-16)21(27)24-19(22(28)29)13-20(26)30-14-17-10-6-3-7-11-17/h2-11,18-19H,12-14H2,1H3,(H,23,25)(H,24,27)(H,28,29)/t18-,19+/m0/s1. The van der Waals surface area contributed by atoms with Gasteiger partial charge >= 0.3 is 11.9 Å². The van der Waals surface area contributed by atoms with Crippen LogP contribution in [0.4, 0.5) is 0 Å². The van der Waals surface area contributed by atoms with Crippen LogP contribution in [0.3, 0.4) is 0 Å². The molecule has 2 atom stereocenters. The topological polar surface area (TPSA) is 122 Å². The number of carbonyl (C=O) groups excluding carboxylic acids is 3. The largest absolute Gasteiger partial charge is 0.480 e. The maximum atomic E-state index is 12.6. The van der Waals surface area contributed by atoms with E-state index in [1.54, 1.807) is 48.5 Å². The number of ether oxygens (including phenoxy) is 1. The van der Waals surface area contributed by atoms with Gasteiger partial charge in [0, 0.05) is 13.3 Å². The number of aliphatic carboxylic acids is 1. The molecule has 0 heterocycles. The van der Waals surface area contributed by atoms with Crippen molar-refractivity contribution < 1.29 is 29.0 Å². The molecule has 2 amide bonds. The highest BCUT2D eigenvalue weighted by Crippen LogP contribution is 2.06. The third-order valence-corrected chi connectivity index (χ3v) is 4.20. The van der Waals surface area contributed by atoms with Gasteiger partial charge < -0.3 is 20.5 Å². The Hall–Kier alpha value is -3.68. The molecule has 0 unspecified atom stereocenters. The molecule has 0 fully saturated rings. The predicted molar refractivity (Wildman–Crippen MR) is 108 cm³/mol. The number of hydrogen-bond acceptors (Lipinski definition) is 5. The number of amides is 2. The number of carboxylic acids is 1. The zero-order valence-electron chi connectivity index (χ0n) is 16.5. The molecule has 0 bridgehead atoms. The van der Waals surface area contributed by atoms with E-state index in [1.165, 1.54) is 6.92 Å². The van der Waals surface area contributed by atoms with Crippen LogP contribution < -0.4 is 10.6 Å². The Morgan fingerprint density at radius 1 is 0.867 bits per heavy atom. The second-order valence-electron chi connectivity index (χ2n) is 6.69. The molecule has 0 radical (unpaired) electrons. The minimum absolute atomic E-state index is 0.00246. The molecule has 3 N–H and O–H groups in total. The first kappa shape index (κ1) is 22.6. The maximum absolute atomic E-state index is 12.6. The molecule has 2 aromatic rings. The van der Waals surface area contributed by atoms with Crippen molar-refractivity contribution >= 4 is 23.8 Å². The lowest BCUT2D eigenvalue weighted by Gasteiger charge is -2.21. The van der Waals surface area contributed by atoms with Crippen LogP contribution in [0.15, 0.2) is 60.7 Å². The van der Waals surface area contributed by atoms with Crippen molar-refractivity contribution in [1.29, 1.82) is 0 Å². The molecule has 0 saturated carbocycles. The number of carbonyl (C=O) groups is 4. The van der Waals surface area contributed by atoms with Gasteiger partial charge in [0.15, 0.2) is 0 Å². The van der Waals surface area contributed by atoms with Gasteiger partial charge in [-0.25, -0.2) is 4.79 Å². The highest BCUT2D eigenvalue weighted by atomic mass is 16.5. The summed E-state index contributed by atoms with van der Waals surface area (Å²) in [5.74, 6) is -3.26. The summed E-state index contributed by atoms with van der Waals surface area (Å²) < 4.78 is 5.09. The summed E-state index contributed by atoms with van der Waals surface area (Å²) >= 11 is 0. The van der Waals surface area contributed by atoms with Gasteiger partial charge in [0.25, 0.3) is 0 Å². The monoisotopic (exact) mass is 412 g/mol. The van der Waals surface area contributed by atoms with Gasteiger partial charge in [-0.3, -0.25) is 14.4 Å². The van der Waals surface area contributed by atoms with Gasteiger partial charge in [0.2, 0.25) is 11.8 Å². The van der Waals surface area contributed by atoms with Gasteiger partial charge in [-0.1, -0.05) is 60.7 Å². The fraction of sp³-hybridized carbons (Fsp3) is 0.273. The van der Waals surface area contributed by atoms with E-state index in [0.29, 0.717) is 0 Å². The molecule has 0 aliphatic carbocycles. The number of esters is 1. The molecule has 0 saturated heterocycles. The van der Waals surface area contributed by atoms with Gasteiger partial charge in [-0.05, 0) is 11.1 Å². The number of carboxylic acid groups (broad SMARTS) is 1. The summed E-state index contributed by atoms with van der Waals surface area (Å²) in [4.78, 5) is 47.7. The van der Waals surface area contributed by atoms with Gasteiger partial charge in [0.05, 0.1) is 6.42 Å². The van der Waals surface area contributed by atoms with E-state index in [1.807, 2.05) is 12.1 Å². The number of hydrogen-bond donors (Lipinski definition) is 3. The molecule has 8 nitrogen and oxygen atoms in total. The van der Waals surface area contributed by atoms with Crippen LogP contribution in [0, 0.1) is 0 Å². The Balaban J connectivity index is 1.98. The molecule has 2 rings (SSSR count). The van der Waals surface area contributed by atoms with Gasteiger partial charge in [0.1, 0.15) is 18.7 Å². The Kier molecular flexibility index (Phi) is 8.56. The van der Waals surface area contributed by atoms with Crippen molar-refractivity contribution in [2.24, 2.45) is 0 Å². The van der Waals surface area contributed by atoms with Crippen molar-refractivity contribution in [3.05, 3.63) is 71.8 Å². The first-order chi connectivity index (χ1) is 14.3. The van der Waals surface area contributed by atoms with E-state index in [2.05, 4.69) is 10.6 Å².